The van der Waals surface area contributed by atoms with Gasteiger partial charge in [0, 0.05) is 13.5 Å². The first-order chi connectivity index (χ1) is 13.1. The number of benzene rings is 2. The molecule has 5 heteroatoms. The van der Waals surface area contributed by atoms with Crippen molar-refractivity contribution >= 4 is 5.91 Å². The number of nitrogens with zero attached hydrogens (tertiary/aromatic N) is 1. The number of hydrogen-bond donors (Lipinski definition) is 1. The first-order valence-electron chi connectivity index (χ1n) is 9.48. The number of likely N-dealkylation sites (tertiary alicyclic amines) is 1. The van der Waals surface area contributed by atoms with Crippen molar-refractivity contribution in [1.29, 1.82) is 0 Å². The maximum atomic E-state index is 11.7. The molecule has 1 saturated heterocycles. The number of aliphatic hydroxyl groups is 1. The maximum absolute atomic E-state index is 11.7. The molecule has 3 rings (SSSR count). The summed E-state index contributed by atoms with van der Waals surface area (Å²) in [5, 5.41) is 10.5. The minimum atomic E-state index is -0.691. The van der Waals surface area contributed by atoms with E-state index < -0.39 is 6.10 Å². The van der Waals surface area contributed by atoms with Gasteiger partial charge in [0.1, 0.15) is 30.8 Å². The number of piperidine rings is 1. The summed E-state index contributed by atoms with van der Waals surface area (Å²) >= 11 is 0. The normalized spacial score (nSPS) is 18.0. The molecule has 0 saturated carbocycles. The first kappa shape index (κ1) is 19.2. The fourth-order valence-electron chi connectivity index (χ4n) is 3.41. The van der Waals surface area contributed by atoms with Crippen molar-refractivity contribution in [3.63, 3.8) is 0 Å². The molecule has 1 heterocycles. The van der Waals surface area contributed by atoms with E-state index in [-0.39, 0.29) is 18.6 Å². The average Bonchev–Trinajstić information content (AvgIpc) is 2.72. The van der Waals surface area contributed by atoms with Gasteiger partial charge in [0.25, 0.3) is 0 Å². The largest absolute Gasteiger partial charge is 0.491 e. The summed E-state index contributed by atoms with van der Waals surface area (Å²) < 4.78 is 11.5. The smallest absolute Gasteiger partial charge is 0.219 e. The Bertz CT molecular complexity index is 717. The summed E-state index contributed by atoms with van der Waals surface area (Å²) in [6.45, 7) is 2.95. The third-order valence-electron chi connectivity index (χ3n) is 4.89. The molecule has 1 amide bonds. The van der Waals surface area contributed by atoms with Gasteiger partial charge >= 0.3 is 0 Å². The molecular weight excluding hydrogens is 342 g/mol. The van der Waals surface area contributed by atoms with E-state index >= 15 is 0 Å². The Hall–Kier alpha value is -2.53. The topological polar surface area (TPSA) is 59.0 Å². The third kappa shape index (κ3) is 5.47. The molecule has 0 unspecified atom stereocenters. The Balaban J connectivity index is 1.48. The predicted molar refractivity (Wildman–Crippen MR) is 104 cm³/mol. The zero-order chi connectivity index (χ0) is 19.1. The zero-order valence-corrected chi connectivity index (χ0v) is 15.7. The Labute approximate surface area is 160 Å². The Morgan fingerprint density at radius 1 is 1.07 bits per heavy atom. The predicted octanol–water partition coefficient (Wildman–Crippen LogP) is 3.41. The minimum absolute atomic E-state index is 0.0127. The molecule has 2 atom stereocenters. The van der Waals surface area contributed by atoms with Gasteiger partial charge in [-0.05, 0) is 49.1 Å². The van der Waals surface area contributed by atoms with Gasteiger partial charge in [-0.1, -0.05) is 30.3 Å². The molecule has 2 aromatic carbocycles. The Morgan fingerprint density at radius 3 is 2.41 bits per heavy atom. The highest BCUT2D eigenvalue weighted by atomic mass is 16.5. The van der Waals surface area contributed by atoms with Crippen LogP contribution in [0.2, 0.25) is 0 Å². The third-order valence-corrected chi connectivity index (χ3v) is 4.89. The van der Waals surface area contributed by atoms with Gasteiger partial charge in [-0.15, -0.1) is 0 Å². The molecule has 0 radical (unpaired) electrons. The summed E-state index contributed by atoms with van der Waals surface area (Å²) in [5.74, 6) is 1.45. The van der Waals surface area contributed by atoms with Gasteiger partial charge < -0.3 is 19.5 Å². The van der Waals surface area contributed by atoms with E-state index in [1.165, 1.54) is 0 Å². The average molecular weight is 369 g/mol. The van der Waals surface area contributed by atoms with E-state index in [4.69, 9.17) is 9.47 Å². The summed E-state index contributed by atoms with van der Waals surface area (Å²) in [5.41, 5.74) is 1.11. The van der Waals surface area contributed by atoms with Gasteiger partial charge in [-0.3, -0.25) is 4.79 Å². The summed E-state index contributed by atoms with van der Waals surface area (Å²) in [6, 6.07) is 17.2. The van der Waals surface area contributed by atoms with Crippen LogP contribution in [0.4, 0.5) is 0 Å². The number of ether oxygens (including phenoxy) is 2. The van der Waals surface area contributed by atoms with E-state index in [2.05, 4.69) is 0 Å². The monoisotopic (exact) mass is 369 g/mol. The molecule has 0 bridgehead atoms. The molecule has 1 fully saturated rings. The second kappa shape index (κ2) is 9.42. The Kier molecular flexibility index (Phi) is 6.71. The minimum Gasteiger partial charge on any atom is -0.491 e. The summed E-state index contributed by atoms with van der Waals surface area (Å²) in [6.07, 6.45) is 2.15. The Morgan fingerprint density at radius 2 is 1.74 bits per heavy atom. The van der Waals surface area contributed by atoms with Crippen LogP contribution in [0.25, 0.3) is 0 Å². The molecule has 0 spiro atoms. The highest BCUT2D eigenvalue weighted by Crippen LogP contribution is 2.22. The van der Waals surface area contributed by atoms with Crippen LogP contribution in [0, 0.1) is 0 Å². The number of aliphatic hydroxyl groups excluding tert-OH is 1. The molecule has 144 valence electrons. The van der Waals surface area contributed by atoms with E-state index in [9.17, 15) is 9.90 Å². The first-order valence-corrected chi connectivity index (χ1v) is 9.48. The number of rotatable bonds is 7. The second-order valence-corrected chi connectivity index (χ2v) is 6.90. The molecule has 0 aliphatic carbocycles. The standard InChI is InChI=1S/C22H27NO4/c1-17(24)23-14-6-5-9-21(23)22(25)16-27-20-12-10-19(11-13-20)26-15-18-7-3-2-4-8-18/h2-4,7-8,10-13,21-22,25H,5-6,9,14-16H2,1H3/t21-,22+/m0/s1. The lowest BCUT2D eigenvalue weighted by atomic mass is 9.97. The van der Waals surface area contributed by atoms with Crippen LogP contribution in [0.1, 0.15) is 31.7 Å². The number of amides is 1. The van der Waals surface area contributed by atoms with Crippen LogP contribution >= 0.6 is 0 Å². The molecule has 2 aromatic rings. The van der Waals surface area contributed by atoms with Crippen molar-refractivity contribution in [2.75, 3.05) is 13.2 Å². The van der Waals surface area contributed by atoms with Gasteiger partial charge in [0.05, 0.1) is 6.04 Å². The van der Waals surface area contributed by atoms with E-state index in [0.29, 0.717) is 18.9 Å². The van der Waals surface area contributed by atoms with Crippen LogP contribution in [-0.4, -0.2) is 41.2 Å². The highest BCUT2D eigenvalue weighted by Gasteiger charge is 2.30. The zero-order valence-electron chi connectivity index (χ0n) is 15.7. The molecular formula is C22H27NO4. The quantitative estimate of drug-likeness (QED) is 0.813. The molecule has 1 N–H and O–H groups in total. The molecule has 0 aromatic heterocycles. The van der Waals surface area contributed by atoms with Crippen molar-refractivity contribution in [3.05, 3.63) is 60.2 Å². The molecule has 1 aliphatic rings. The van der Waals surface area contributed by atoms with Crippen LogP contribution in [0.5, 0.6) is 11.5 Å². The number of carbonyl (C=O) groups is 1. The van der Waals surface area contributed by atoms with Crippen LogP contribution < -0.4 is 9.47 Å². The molecule has 5 nitrogen and oxygen atoms in total. The van der Waals surface area contributed by atoms with Gasteiger partial charge in [0.15, 0.2) is 0 Å². The molecule has 27 heavy (non-hydrogen) atoms. The van der Waals surface area contributed by atoms with Crippen molar-refractivity contribution < 1.29 is 19.4 Å². The van der Waals surface area contributed by atoms with Gasteiger partial charge in [-0.2, -0.15) is 0 Å². The lowest BCUT2D eigenvalue weighted by Gasteiger charge is -2.37. The van der Waals surface area contributed by atoms with Crippen LogP contribution in [0.15, 0.2) is 54.6 Å². The second-order valence-electron chi connectivity index (χ2n) is 6.90. The van der Waals surface area contributed by atoms with E-state index in [1.807, 2.05) is 54.6 Å². The van der Waals surface area contributed by atoms with Gasteiger partial charge in [-0.25, -0.2) is 0 Å². The fraction of sp³-hybridized carbons (Fsp3) is 0.409. The summed E-state index contributed by atoms with van der Waals surface area (Å²) in [7, 11) is 0. The van der Waals surface area contributed by atoms with E-state index in [1.54, 1.807) is 11.8 Å². The lowest BCUT2D eigenvalue weighted by molar-refractivity contribution is -0.136. The van der Waals surface area contributed by atoms with Crippen molar-refractivity contribution in [1.82, 2.24) is 4.90 Å². The van der Waals surface area contributed by atoms with Crippen molar-refractivity contribution in [3.8, 4) is 11.5 Å². The molecule has 1 aliphatic heterocycles. The van der Waals surface area contributed by atoms with Crippen molar-refractivity contribution in [2.24, 2.45) is 0 Å². The van der Waals surface area contributed by atoms with Crippen molar-refractivity contribution in [2.45, 2.75) is 44.9 Å². The maximum Gasteiger partial charge on any atom is 0.219 e. The van der Waals surface area contributed by atoms with Gasteiger partial charge in [0.2, 0.25) is 5.91 Å². The number of hydrogen-bond acceptors (Lipinski definition) is 4. The van der Waals surface area contributed by atoms with Crippen LogP contribution in [0.3, 0.4) is 0 Å². The van der Waals surface area contributed by atoms with E-state index in [0.717, 1.165) is 30.6 Å². The number of carbonyl (C=O) groups excluding carboxylic acids is 1. The highest BCUT2D eigenvalue weighted by molar-refractivity contribution is 5.73. The lowest BCUT2D eigenvalue weighted by Crippen LogP contribution is -2.50. The van der Waals surface area contributed by atoms with Crippen LogP contribution in [-0.2, 0) is 11.4 Å². The summed E-state index contributed by atoms with van der Waals surface area (Å²) in [4.78, 5) is 13.5. The SMILES string of the molecule is CC(=O)N1CCCC[C@H]1[C@H](O)COc1ccc(OCc2ccccc2)cc1. The fourth-order valence-corrected chi connectivity index (χ4v) is 3.41.